The normalized spacial score (nSPS) is 12.2. The minimum atomic E-state index is -1.00. The van der Waals surface area contributed by atoms with Crippen LogP contribution in [0.4, 0.5) is 5.00 Å². The Morgan fingerprint density at radius 3 is 2.58 bits per heavy atom. The van der Waals surface area contributed by atoms with Crippen molar-refractivity contribution in [3.8, 4) is 0 Å². The third-order valence-corrected chi connectivity index (χ3v) is 3.42. The standard InChI is InChI=1S/C11H14N2O5S/c1-6(2)8(4-10(14)15)12-11(16)7-3-9(13(17)18)19-5-7/h3,5-6,8H,4H2,1-2H3,(H,12,16)(H,14,15). The molecule has 1 amide bonds. The number of nitrogens with zero attached hydrogens (tertiary/aromatic N) is 1. The fourth-order valence-corrected chi connectivity index (χ4v) is 2.14. The number of nitro groups is 1. The molecular formula is C11H14N2O5S. The first-order valence-electron chi connectivity index (χ1n) is 5.56. The predicted octanol–water partition coefficient (Wildman–Crippen LogP) is 1.89. The summed E-state index contributed by atoms with van der Waals surface area (Å²) >= 11 is 0.859. The summed E-state index contributed by atoms with van der Waals surface area (Å²) in [6, 6.07) is 0.668. The molecule has 1 aromatic heterocycles. The van der Waals surface area contributed by atoms with E-state index in [1.807, 2.05) is 0 Å². The summed E-state index contributed by atoms with van der Waals surface area (Å²) in [6.07, 6.45) is -0.185. The Morgan fingerprint density at radius 2 is 2.16 bits per heavy atom. The molecule has 0 aliphatic heterocycles. The summed E-state index contributed by atoms with van der Waals surface area (Å²) in [6.45, 7) is 3.59. The van der Waals surface area contributed by atoms with E-state index in [1.165, 1.54) is 11.4 Å². The van der Waals surface area contributed by atoms with Gasteiger partial charge in [0.05, 0.1) is 16.9 Å². The third kappa shape index (κ3) is 4.32. The summed E-state index contributed by atoms with van der Waals surface area (Å²) in [5, 5.41) is 23.1. The number of amides is 1. The predicted molar refractivity (Wildman–Crippen MR) is 69.3 cm³/mol. The smallest absolute Gasteiger partial charge is 0.324 e. The van der Waals surface area contributed by atoms with Gasteiger partial charge in [0.25, 0.3) is 5.91 Å². The highest BCUT2D eigenvalue weighted by molar-refractivity contribution is 7.13. The van der Waals surface area contributed by atoms with Gasteiger partial charge >= 0.3 is 11.0 Å². The van der Waals surface area contributed by atoms with Crippen LogP contribution in [0.5, 0.6) is 0 Å². The minimum Gasteiger partial charge on any atom is -0.481 e. The molecule has 1 unspecified atom stereocenters. The van der Waals surface area contributed by atoms with Crippen LogP contribution in [0.2, 0.25) is 0 Å². The maximum Gasteiger partial charge on any atom is 0.324 e. The number of rotatable bonds is 6. The zero-order valence-electron chi connectivity index (χ0n) is 10.5. The van der Waals surface area contributed by atoms with E-state index in [4.69, 9.17) is 5.11 Å². The molecule has 1 rings (SSSR count). The molecule has 1 aromatic rings. The molecule has 0 fully saturated rings. The summed E-state index contributed by atoms with van der Waals surface area (Å²) in [5.74, 6) is -1.55. The molecule has 1 heterocycles. The van der Waals surface area contributed by atoms with Crippen LogP contribution >= 0.6 is 11.3 Å². The fourth-order valence-electron chi connectivity index (χ4n) is 1.43. The van der Waals surface area contributed by atoms with E-state index < -0.39 is 22.8 Å². The monoisotopic (exact) mass is 286 g/mol. The highest BCUT2D eigenvalue weighted by Gasteiger charge is 2.22. The molecule has 0 saturated carbocycles. The molecule has 0 aliphatic carbocycles. The van der Waals surface area contributed by atoms with Gasteiger partial charge in [0.1, 0.15) is 0 Å². The van der Waals surface area contributed by atoms with Gasteiger partial charge in [-0.3, -0.25) is 19.7 Å². The summed E-state index contributed by atoms with van der Waals surface area (Å²) < 4.78 is 0. The Bertz CT molecular complexity index is 497. The van der Waals surface area contributed by atoms with Gasteiger partial charge in [-0.05, 0) is 5.92 Å². The lowest BCUT2D eigenvalue weighted by Crippen LogP contribution is -2.39. The number of carboxylic acid groups (broad SMARTS) is 1. The Kier molecular flexibility index (Phi) is 4.99. The van der Waals surface area contributed by atoms with E-state index in [9.17, 15) is 19.7 Å². The molecule has 8 heteroatoms. The van der Waals surface area contributed by atoms with Crippen LogP contribution in [0.1, 0.15) is 30.6 Å². The van der Waals surface area contributed by atoms with Gasteiger partial charge in [-0.1, -0.05) is 25.2 Å². The zero-order valence-corrected chi connectivity index (χ0v) is 11.3. The van der Waals surface area contributed by atoms with Gasteiger partial charge in [-0.15, -0.1) is 0 Å². The van der Waals surface area contributed by atoms with Gasteiger partial charge in [-0.2, -0.15) is 0 Å². The lowest BCUT2D eigenvalue weighted by atomic mass is 10.0. The van der Waals surface area contributed by atoms with Crippen molar-refractivity contribution in [2.45, 2.75) is 26.3 Å². The van der Waals surface area contributed by atoms with Crippen molar-refractivity contribution in [1.82, 2.24) is 5.32 Å². The van der Waals surface area contributed by atoms with E-state index in [0.717, 1.165) is 11.3 Å². The molecule has 1 atom stereocenters. The van der Waals surface area contributed by atoms with Crippen LogP contribution in [-0.4, -0.2) is 27.9 Å². The average Bonchev–Trinajstić information content (AvgIpc) is 2.76. The SMILES string of the molecule is CC(C)C(CC(=O)O)NC(=O)c1csc([N+](=O)[O-])c1. The maximum absolute atomic E-state index is 11.9. The summed E-state index contributed by atoms with van der Waals surface area (Å²) in [7, 11) is 0. The Hall–Kier alpha value is -1.96. The second kappa shape index (κ2) is 6.28. The maximum atomic E-state index is 11.9. The Balaban J connectivity index is 2.75. The Labute approximate surface area is 113 Å². The van der Waals surface area contributed by atoms with Crippen LogP contribution in [-0.2, 0) is 4.79 Å². The number of hydrogen-bond acceptors (Lipinski definition) is 5. The van der Waals surface area contributed by atoms with Crippen LogP contribution in [0.25, 0.3) is 0 Å². The van der Waals surface area contributed by atoms with Crippen LogP contribution < -0.4 is 5.32 Å². The van der Waals surface area contributed by atoms with Gasteiger partial charge in [0.2, 0.25) is 0 Å². The molecule has 0 aliphatic rings. The molecule has 2 N–H and O–H groups in total. The average molecular weight is 286 g/mol. The first-order chi connectivity index (χ1) is 8.81. The largest absolute Gasteiger partial charge is 0.481 e. The molecule has 0 spiro atoms. The summed E-state index contributed by atoms with van der Waals surface area (Å²) in [4.78, 5) is 32.5. The van der Waals surface area contributed by atoms with Gasteiger partial charge in [-0.25, -0.2) is 0 Å². The minimum absolute atomic E-state index is 0.0475. The molecule has 104 valence electrons. The molecule has 0 saturated heterocycles. The van der Waals surface area contributed by atoms with Crippen molar-refractivity contribution in [3.63, 3.8) is 0 Å². The quantitative estimate of drug-likeness (QED) is 0.613. The third-order valence-electron chi connectivity index (χ3n) is 2.54. The lowest BCUT2D eigenvalue weighted by Gasteiger charge is -2.20. The second-order valence-electron chi connectivity index (χ2n) is 4.35. The first-order valence-corrected chi connectivity index (χ1v) is 6.44. The van der Waals surface area contributed by atoms with E-state index in [0.29, 0.717) is 0 Å². The Morgan fingerprint density at radius 1 is 1.53 bits per heavy atom. The van der Waals surface area contributed by atoms with E-state index in [1.54, 1.807) is 13.8 Å². The van der Waals surface area contributed by atoms with Crippen LogP contribution in [0.3, 0.4) is 0 Å². The molecule has 0 bridgehead atoms. The highest BCUT2D eigenvalue weighted by Crippen LogP contribution is 2.22. The van der Waals surface area contributed by atoms with Crippen molar-refractivity contribution in [3.05, 3.63) is 27.1 Å². The van der Waals surface area contributed by atoms with Crippen LogP contribution in [0.15, 0.2) is 11.4 Å². The van der Waals surface area contributed by atoms with Crippen molar-refractivity contribution in [1.29, 1.82) is 0 Å². The zero-order chi connectivity index (χ0) is 14.6. The number of carbonyl (C=O) groups is 2. The fraction of sp³-hybridized carbons (Fsp3) is 0.455. The first kappa shape index (κ1) is 15.1. The number of hydrogen-bond donors (Lipinski definition) is 2. The number of carbonyl (C=O) groups excluding carboxylic acids is 1. The molecule has 0 aromatic carbocycles. The highest BCUT2D eigenvalue weighted by atomic mass is 32.1. The van der Waals surface area contributed by atoms with Gasteiger partial charge in [0, 0.05) is 17.5 Å². The van der Waals surface area contributed by atoms with E-state index >= 15 is 0 Å². The van der Waals surface area contributed by atoms with Gasteiger partial charge in [0.15, 0.2) is 0 Å². The number of thiophene rings is 1. The summed E-state index contributed by atoms with van der Waals surface area (Å²) in [5.41, 5.74) is 0.174. The molecular weight excluding hydrogens is 272 g/mol. The molecule has 7 nitrogen and oxygen atoms in total. The van der Waals surface area contributed by atoms with Crippen molar-refractivity contribution in [2.75, 3.05) is 0 Å². The van der Waals surface area contributed by atoms with E-state index in [2.05, 4.69) is 5.32 Å². The second-order valence-corrected chi connectivity index (χ2v) is 5.24. The topological polar surface area (TPSA) is 110 Å². The molecule has 19 heavy (non-hydrogen) atoms. The van der Waals surface area contributed by atoms with Crippen molar-refractivity contribution < 1.29 is 19.6 Å². The van der Waals surface area contributed by atoms with Crippen LogP contribution in [0, 0.1) is 16.0 Å². The van der Waals surface area contributed by atoms with E-state index in [-0.39, 0.29) is 22.9 Å². The van der Waals surface area contributed by atoms with Gasteiger partial charge < -0.3 is 10.4 Å². The van der Waals surface area contributed by atoms with Crippen molar-refractivity contribution in [2.24, 2.45) is 5.92 Å². The number of carboxylic acids is 1. The number of nitrogens with one attached hydrogen (secondary N) is 1. The molecule has 0 radical (unpaired) electrons. The number of aliphatic carboxylic acids is 1. The lowest BCUT2D eigenvalue weighted by molar-refractivity contribution is -0.380. The van der Waals surface area contributed by atoms with Crippen molar-refractivity contribution >= 4 is 28.2 Å².